The van der Waals surface area contributed by atoms with Crippen molar-refractivity contribution in [2.75, 3.05) is 0 Å². The van der Waals surface area contributed by atoms with Gasteiger partial charge in [0, 0.05) is 55.9 Å². The first-order chi connectivity index (χ1) is 14.2. The Bertz CT molecular complexity index is 1100. The van der Waals surface area contributed by atoms with Crippen LogP contribution in [0.4, 0.5) is 0 Å². The number of aromatic nitrogens is 6. The zero-order valence-electron chi connectivity index (χ0n) is 15.8. The van der Waals surface area contributed by atoms with E-state index < -0.39 is 0 Å². The van der Waals surface area contributed by atoms with Gasteiger partial charge in [-0.1, -0.05) is 5.16 Å². The first-order valence-corrected chi connectivity index (χ1v) is 9.14. The smallest absolute Gasteiger partial charge is 0.227 e. The third-order valence-corrected chi connectivity index (χ3v) is 4.33. The van der Waals surface area contributed by atoms with Gasteiger partial charge in [0.1, 0.15) is 11.6 Å². The van der Waals surface area contributed by atoms with Gasteiger partial charge < -0.3 is 9.84 Å². The fourth-order valence-electron chi connectivity index (χ4n) is 2.80. The first-order valence-electron chi connectivity index (χ1n) is 9.14. The summed E-state index contributed by atoms with van der Waals surface area (Å²) in [6.07, 6.45) is 9.26. The van der Waals surface area contributed by atoms with Crippen molar-refractivity contribution in [2.45, 2.75) is 26.3 Å². The molecule has 0 radical (unpaired) electrons. The average molecular weight is 389 g/mol. The number of imidazole rings is 1. The minimum atomic E-state index is -0.0942. The molecule has 29 heavy (non-hydrogen) atoms. The molecule has 9 heteroatoms. The number of carbonyl (C=O) groups excluding carboxylic acids is 1. The van der Waals surface area contributed by atoms with Gasteiger partial charge in [-0.25, -0.2) is 9.97 Å². The lowest BCUT2D eigenvalue weighted by Gasteiger charge is -2.08. The highest BCUT2D eigenvalue weighted by Gasteiger charge is 2.11. The van der Waals surface area contributed by atoms with Gasteiger partial charge in [0.2, 0.25) is 17.6 Å². The maximum Gasteiger partial charge on any atom is 0.227 e. The molecule has 0 bridgehead atoms. The second kappa shape index (κ2) is 8.42. The quantitative estimate of drug-likeness (QED) is 0.516. The minimum absolute atomic E-state index is 0.0942. The van der Waals surface area contributed by atoms with Crippen LogP contribution in [0.2, 0.25) is 0 Å². The normalized spacial score (nSPS) is 10.8. The Morgan fingerprint density at radius 2 is 2.14 bits per heavy atom. The number of rotatable bonds is 7. The summed E-state index contributed by atoms with van der Waals surface area (Å²) in [5, 5.41) is 6.83. The summed E-state index contributed by atoms with van der Waals surface area (Å²) in [6.45, 7) is 2.32. The van der Waals surface area contributed by atoms with Crippen LogP contribution in [-0.2, 0) is 17.8 Å². The van der Waals surface area contributed by atoms with Crippen molar-refractivity contribution in [3.8, 4) is 17.2 Å². The van der Waals surface area contributed by atoms with Gasteiger partial charge >= 0.3 is 0 Å². The Labute approximate surface area is 166 Å². The third-order valence-electron chi connectivity index (χ3n) is 4.33. The summed E-state index contributed by atoms with van der Waals surface area (Å²) in [4.78, 5) is 29.1. The molecule has 0 unspecified atom stereocenters. The molecule has 4 rings (SSSR count). The molecule has 4 heterocycles. The van der Waals surface area contributed by atoms with Crippen molar-refractivity contribution in [3.63, 3.8) is 0 Å². The number of nitrogens with zero attached hydrogens (tertiary/aromatic N) is 6. The standard InChI is InChI=1S/C20H19N7O2/c1-14-22-9-10-27(14)17-11-15(6-8-23-17)12-24-18(28)4-5-19-25-20(26-29-19)16-3-2-7-21-13-16/h2-3,6-11,13H,4-5,12H2,1H3,(H,24,28). The summed E-state index contributed by atoms with van der Waals surface area (Å²) in [7, 11) is 0. The summed E-state index contributed by atoms with van der Waals surface area (Å²) in [6, 6.07) is 7.45. The summed E-state index contributed by atoms with van der Waals surface area (Å²) in [5.41, 5.74) is 1.72. The lowest BCUT2D eigenvalue weighted by molar-refractivity contribution is -0.121. The second-order valence-electron chi connectivity index (χ2n) is 6.40. The van der Waals surface area contributed by atoms with E-state index in [1.807, 2.05) is 35.9 Å². The molecule has 0 aliphatic carbocycles. The van der Waals surface area contributed by atoms with Crippen LogP contribution in [0.3, 0.4) is 0 Å². The topological polar surface area (TPSA) is 112 Å². The van der Waals surface area contributed by atoms with Crippen LogP contribution in [0.25, 0.3) is 17.2 Å². The average Bonchev–Trinajstić information content (AvgIpc) is 3.41. The fourth-order valence-corrected chi connectivity index (χ4v) is 2.80. The Morgan fingerprint density at radius 3 is 2.93 bits per heavy atom. The van der Waals surface area contributed by atoms with Crippen molar-refractivity contribution >= 4 is 5.91 Å². The van der Waals surface area contributed by atoms with E-state index in [0.29, 0.717) is 24.7 Å². The Hall–Kier alpha value is -3.88. The molecular weight excluding hydrogens is 370 g/mol. The molecule has 0 saturated carbocycles. The molecule has 0 aromatic carbocycles. The molecule has 4 aromatic rings. The zero-order valence-corrected chi connectivity index (χ0v) is 15.8. The van der Waals surface area contributed by atoms with Crippen LogP contribution in [-0.4, -0.2) is 35.6 Å². The predicted molar refractivity (Wildman–Crippen MR) is 104 cm³/mol. The molecule has 1 N–H and O–H groups in total. The second-order valence-corrected chi connectivity index (χ2v) is 6.40. The molecule has 4 aromatic heterocycles. The van der Waals surface area contributed by atoms with E-state index in [1.54, 1.807) is 30.9 Å². The lowest BCUT2D eigenvalue weighted by atomic mass is 10.2. The highest BCUT2D eigenvalue weighted by atomic mass is 16.5. The van der Waals surface area contributed by atoms with E-state index in [2.05, 4.69) is 30.4 Å². The highest BCUT2D eigenvalue weighted by molar-refractivity contribution is 5.76. The van der Waals surface area contributed by atoms with Crippen LogP contribution in [0.15, 0.2) is 59.8 Å². The molecule has 146 valence electrons. The van der Waals surface area contributed by atoms with Gasteiger partial charge in [-0.2, -0.15) is 4.98 Å². The summed E-state index contributed by atoms with van der Waals surface area (Å²) >= 11 is 0. The van der Waals surface area contributed by atoms with Crippen LogP contribution in [0.1, 0.15) is 23.7 Å². The van der Waals surface area contributed by atoms with Crippen LogP contribution in [0.5, 0.6) is 0 Å². The number of nitrogens with one attached hydrogen (secondary N) is 1. The van der Waals surface area contributed by atoms with Crippen LogP contribution < -0.4 is 5.32 Å². The number of hydrogen-bond donors (Lipinski definition) is 1. The largest absolute Gasteiger partial charge is 0.352 e. The van der Waals surface area contributed by atoms with Gasteiger partial charge in [-0.3, -0.25) is 14.3 Å². The van der Waals surface area contributed by atoms with Crippen LogP contribution in [0, 0.1) is 6.92 Å². The van der Waals surface area contributed by atoms with E-state index in [-0.39, 0.29) is 12.3 Å². The van der Waals surface area contributed by atoms with Crippen molar-refractivity contribution in [1.29, 1.82) is 0 Å². The van der Waals surface area contributed by atoms with Crippen molar-refractivity contribution < 1.29 is 9.32 Å². The van der Waals surface area contributed by atoms with E-state index in [9.17, 15) is 4.79 Å². The maximum atomic E-state index is 12.2. The number of pyridine rings is 2. The van der Waals surface area contributed by atoms with Crippen molar-refractivity contribution in [2.24, 2.45) is 0 Å². The van der Waals surface area contributed by atoms with E-state index in [4.69, 9.17) is 4.52 Å². The number of amides is 1. The predicted octanol–water partition coefficient (Wildman–Crippen LogP) is 2.27. The Balaban J connectivity index is 1.30. The van der Waals surface area contributed by atoms with Gasteiger partial charge in [-0.15, -0.1) is 0 Å². The monoisotopic (exact) mass is 389 g/mol. The lowest BCUT2D eigenvalue weighted by Crippen LogP contribution is -2.23. The molecular formula is C20H19N7O2. The first kappa shape index (κ1) is 18.5. The number of hydrogen-bond acceptors (Lipinski definition) is 7. The molecule has 0 saturated heterocycles. The molecule has 9 nitrogen and oxygen atoms in total. The van der Waals surface area contributed by atoms with Crippen molar-refractivity contribution in [1.82, 2.24) is 35.0 Å². The molecule has 1 amide bonds. The maximum absolute atomic E-state index is 12.2. The van der Waals surface area contributed by atoms with Crippen LogP contribution >= 0.6 is 0 Å². The highest BCUT2D eigenvalue weighted by Crippen LogP contribution is 2.14. The van der Waals surface area contributed by atoms with E-state index >= 15 is 0 Å². The summed E-state index contributed by atoms with van der Waals surface area (Å²) < 4.78 is 7.10. The molecule has 0 atom stereocenters. The third kappa shape index (κ3) is 4.52. The van der Waals surface area contributed by atoms with Gasteiger partial charge in [0.15, 0.2) is 0 Å². The molecule has 0 aliphatic heterocycles. The SMILES string of the molecule is Cc1nccn1-c1cc(CNC(=O)CCc2nc(-c3cccnc3)no2)ccn1. The molecule has 0 fully saturated rings. The van der Waals surface area contributed by atoms with E-state index in [1.165, 1.54) is 0 Å². The van der Waals surface area contributed by atoms with Gasteiger partial charge in [0.25, 0.3) is 0 Å². The molecule has 0 aliphatic rings. The minimum Gasteiger partial charge on any atom is -0.352 e. The Kier molecular flexibility index (Phi) is 5.37. The van der Waals surface area contributed by atoms with Crippen molar-refractivity contribution in [3.05, 3.63) is 72.5 Å². The fraction of sp³-hybridized carbons (Fsp3) is 0.200. The Morgan fingerprint density at radius 1 is 1.21 bits per heavy atom. The summed E-state index contributed by atoms with van der Waals surface area (Å²) in [5.74, 6) is 2.40. The zero-order chi connectivity index (χ0) is 20.1. The van der Waals surface area contributed by atoms with E-state index in [0.717, 1.165) is 22.8 Å². The van der Waals surface area contributed by atoms with Gasteiger partial charge in [-0.05, 0) is 36.8 Å². The van der Waals surface area contributed by atoms with Gasteiger partial charge in [0.05, 0.1) is 0 Å². The number of carbonyl (C=O) groups is 1. The molecule has 0 spiro atoms. The number of aryl methyl sites for hydroxylation is 2.